The second-order valence-electron chi connectivity index (χ2n) is 9.94. The maximum absolute atomic E-state index is 13.2. The van der Waals surface area contributed by atoms with Gasteiger partial charge in [0.1, 0.15) is 0 Å². The molecule has 0 aliphatic heterocycles. The van der Waals surface area contributed by atoms with E-state index >= 15 is 0 Å². The molecule has 0 spiro atoms. The number of hydrogen-bond donors (Lipinski definition) is 4. The topological polar surface area (TPSA) is 166 Å². The minimum absolute atomic E-state index is 0.0886. The van der Waals surface area contributed by atoms with Crippen molar-refractivity contribution in [2.75, 3.05) is 23.5 Å². The van der Waals surface area contributed by atoms with Crippen LogP contribution in [-0.2, 0) is 10.0 Å². The molecule has 2 amide bonds. The minimum atomic E-state index is -3.79. The van der Waals surface area contributed by atoms with Crippen molar-refractivity contribution >= 4 is 55.1 Å². The van der Waals surface area contributed by atoms with E-state index in [1.807, 2.05) is 0 Å². The van der Waals surface area contributed by atoms with Crippen LogP contribution < -0.4 is 26.4 Å². The number of nitrogens with one attached hydrogen (secondary N) is 3. The van der Waals surface area contributed by atoms with E-state index in [4.69, 9.17) is 10.5 Å². The monoisotopic (exact) mass is 568 g/mol. The van der Waals surface area contributed by atoms with Gasteiger partial charge in [-0.2, -0.15) is 4.98 Å². The molecule has 39 heavy (non-hydrogen) atoms. The van der Waals surface area contributed by atoms with E-state index in [-0.39, 0.29) is 29.0 Å². The molecule has 5 N–H and O–H groups in total. The average Bonchev–Trinajstić information content (AvgIpc) is 3.70. The Kier molecular flexibility index (Phi) is 6.51. The summed E-state index contributed by atoms with van der Waals surface area (Å²) in [5, 5.41) is 10.4. The number of urea groups is 1. The highest BCUT2D eigenvalue weighted by molar-refractivity contribution is 7.90. The van der Waals surface area contributed by atoms with E-state index < -0.39 is 10.0 Å². The number of nitrogens with zero attached hydrogens (tertiary/aromatic N) is 4. The summed E-state index contributed by atoms with van der Waals surface area (Å²) in [7, 11) is -2.32. The zero-order valence-electron chi connectivity index (χ0n) is 21.1. The van der Waals surface area contributed by atoms with Crippen molar-refractivity contribution in [1.29, 1.82) is 0 Å². The van der Waals surface area contributed by atoms with Crippen molar-refractivity contribution in [2.45, 2.75) is 42.7 Å². The number of fused-ring (bicyclic) bond motifs is 2. The molecular formula is C25H28N8O4S2. The van der Waals surface area contributed by atoms with Gasteiger partial charge >= 0.3 is 12.0 Å². The summed E-state index contributed by atoms with van der Waals surface area (Å²) in [6.07, 6.45) is 6.68. The standard InChI is InChI=1S/C25H28N8O4S2/c1-37-24-31-25(38-32-24)30-23(34)29-17-11-14-9-16(10-15(14)12-17)28-21-19-7-8-33(22(19)27-13-20(21)26)39(35,36)18-5-3-2-4-6-18/h2-8,13-17H,9-12,26H2,1H3,(H,27,28)(H2,29,30,31,32,34)/t14-,15+,16?,17?. The van der Waals surface area contributed by atoms with Crippen LogP contribution in [0.4, 0.5) is 21.3 Å². The van der Waals surface area contributed by atoms with Crippen LogP contribution in [0.1, 0.15) is 25.7 Å². The molecule has 0 saturated heterocycles. The van der Waals surface area contributed by atoms with Gasteiger partial charge in [0.25, 0.3) is 10.0 Å². The Morgan fingerprint density at radius 1 is 1.10 bits per heavy atom. The number of carbonyl (C=O) groups is 1. The van der Waals surface area contributed by atoms with Crippen molar-refractivity contribution in [3.05, 3.63) is 48.8 Å². The number of nitrogen functional groups attached to an aromatic ring is 1. The van der Waals surface area contributed by atoms with Gasteiger partial charge in [0.2, 0.25) is 5.13 Å². The summed E-state index contributed by atoms with van der Waals surface area (Å²) < 4.78 is 36.6. The van der Waals surface area contributed by atoms with E-state index in [1.165, 1.54) is 23.5 Å². The molecule has 2 aliphatic carbocycles. The molecule has 12 nitrogen and oxygen atoms in total. The number of anilines is 3. The van der Waals surface area contributed by atoms with Gasteiger partial charge in [-0.3, -0.25) is 5.32 Å². The number of benzene rings is 1. The van der Waals surface area contributed by atoms with Crippen LogP contribution in [0, 0.1) is 11.8 Å². The Labute approximate surface area is 229 Å². The molecule has 14 heteroatoms. The lowest BCUT2D eigenvalue weighted by Gasteiger charge is -2.20. The smallest absolute Gasteiger partial charge is 0.329 e. The summed E-state index contributed by atoms with van der Waals surface area (Å²) in [4.78, 5) is 21.0. The molecule has 1 aromatic carbocycles. The predicted molar refractivity (Wildman–Crippen MR) is 148 cm³/mol. The van der Waals surface area contributed by atoms with Crippen molar-refractivity contribution in [2.24, 2.45) is 11.8 Å². The van der Waals surface area contributed by atoms with Crippen LogP contribution in [0.3, 0.4) is 0 Å². The maximum atomic E-state index is 13.2. The number of hydrogen-bond acceptors (Lipinski definition) is 10. The number of pyridine rings is 1. The third kappa shape index (κ3) is 4.85. The molecule has 2 aliphatic rings. The maximum Gasteiger partial charge on any atom is 0.329 e. The largest absolute Gasteiger partial charge is 0.466 e. The number of carbonyl (C=O) groups excluding carboxylic acids is 1. The van der Waals surface area contributed by atoms with Crippen molar-refractivity contribution < 1.29 is 17.9 Å². The summed E-state index contributed by atoms with van der Waals surface area (Å²) in [5.74, 6) is 0.937. The summed E-state index contributed by atoms with van der Waals surface area (Å²) in [6, 6.07) is 10.2. The number of ether oxygens (including phenoxy) is 1. The highest BCUT2D eigenvalue weighted by Gasteiger charge is 2.42. The van der Waals surface area contributed by atoms with Gasteiger partial charge in [-0.25, -0.2) is 22.2 Å². The van der Waals surface area contributed by atoms with E-state index in [9.17, 15) is 13.2 Å². The molecule has 4 aromatic rings. The van der Waals surface area contributed by atoms with Crippen molar-refractivity contribution in [3.8, 4) is 6.01 Å². The lowest BCUT2D eigenvalue weighted by Crippen LogP contribution is -2.37. The number of nitrogens with two attached hydrogens (primary N) is 1. The molecule has 3 aromatic heterocycles. The fourth-order valence-corrected chi connectivity index (χ4v) is 7.72. The van der Waals surface area contributed by atoms with Gasteiger partial charge in [0.15, 0.2) is 5.65 Å². The number of aromatic nitrogens is 4. The Balaban J connectivity index is 1.11. The predicted octanol–water partition coefficient (Wildman–Crippen LogP) is 3.51. The molecule has 204 valence electrons. The first-order chi connectivity index (χ1) is 18.8. The Bertz CT molecular complexity index is 1610. The molecule has 0 bridgehead atoms. The number of methoxy groups -OCH3 is 1. The van der Waals surface area contributed by atoms with Crippen LogP contribution >= 0.6 is 11.5 Å². The molecule has 2 saturated carbocycles. The molecule has 2 fully saturated rings. The summed E-state index contributed by atoms with van der Waals surface area (Å²) >= 11 is 1.07. The van der Waals surface area contributed by atoms with Gasteiger partial charge in [0, 0.05) is 35.2 Å². The zero-order chi connectivity index (χ0) is 27.1. The molecule has 6 rings (SSSR count). The Morgan fingerprint density at radius 3 is 2.51 bits per heavy atom. The van der Waals surface area contributed by atoms with Crippen LogP contribution in [0.25, 0.3) is 11.0 Å². The molecule has 3 heterocycles. The fourth-order valence-electron chi connectivity index (χ4n) is 5.86. The van der Waals surface area contributed by atoms with Gasteiger partial charge < -0.3 is 21.1 Å². The second kappa shape index (κ2) is 10.0. The summed E-state index contributed by atoms with van der Waals surface area (Å²) in [6.45, 7) is 0. The second-order valence-corrected chi connectivity index (χ2v) is 12.5. The van der Waals surface area contributed by atoms with E-state index in [2.05, 4.69) is 30.3 Å². The zero-order valence-corrected chi connectivity index (χ0v) is 22.7. The first kappa shape index (κ1) is 25.4. The lowest BCUT2D eigenvalue weighted by molar-refractivity contribution is 0.248. The minimum Gasteiger partial charge on any atom is -0.466 e. The third-order valence-electron chi connectivity index (χ3n) is 7.52. The number of amides is 2. The third-order valence-corrected chi connectivity index (χ3v) is 9.81. The molecule has 2 unspecified atom stereocenters. The van der Waals surface area contributed by atoms with E-state index in [0.717, 1.165) is 37.2 Å². The quantitative estimate of drug-likeness (QED) is 0.261. The van der Waals surface area contributed by atoms with Crippen LogP contribution in [0.5, 0.6) is 6.01 Å². The van der Waals surface area contributed by atoms with Gasteiger partial charge in [-0.1, -0.05) is 18.2 Å². The number of rotatable bonds is 7. The van der Waals surface area contributed by atoms with E-state index in [1.54, 1.807) is 36.4 Å². The molecular weight excluding hydrogens is 540 g/mol. The van der Waals surface area contributed by atoms with Crippen LogP contribution in [0.15, 0.2) is 53.7 Å². The average molecular weight is 569 g/mol. The Morgan fingerprint density at radius 2 is 1.82 bits per heavy atom. The first-order valence-corrected chi connectivity index (χ1v) is 14.8. The van der Waals surface area contributed by atoms with E-state index in [0.29, 0.717) is 39.4 Å². The van der Waals surface area contributed by atoms with Crippen LogP contribution in [-0.4, -0.2) is 52.0 Å². The normalized spacial score (nSPS) is 22.5. The van der Waals surface area contributed by atoms with Gasteiger partial charge in [-0.05, 0) is 55.7 Å². The lowest BCUT2D eigenvalue weighted by atomic mass is 10.0. The fraction of sp³-hybridized carbons (Fsp3) is 0.360. The van der Waals surface area contributed by atoms with Gasteiger partial charge in [-0.15, -0.1) is 4.37 Å². The van der Waals surface area contributed by atoms with Crippen LogP contribution in [0.2, 0.25) is 0 Å². The SMILES string of the molecule is COc1nsc(NC(=O)NC2C[C@@H]3CC(Nc4c(N)cnc5c4ccn5S(=O)(=O)c4ccccc4)C[C@@H]3C2)n1. The molecule has 4 atom stereocenters. The Hall–Kier alpha value is -3.91. The molecule has 0 radical (unpaired) electrons. The first-order valence-electron chi connectivity index (χ1n) is 12.6. The van der Waals surface area contributed by atoms with Gasteiger partial charge in [0.05, 0.1) is 29.6 Å². The summed E-state index contributed by atoms with van der Waals surface area (Å²) in [5.41, 5.74) is 7.81. The van der Waals surface area contributed by atoms with Crippen molar-refractivity contribution in [3.63, 3.8) is 0 Å². The van der Waals surface area contributed by atoms with Crippen molar-refractivity contribution in [1.82, 2.24) is 23.6 Å². The highest BCUT2D eigenvalue weighted by atomic mass is 32.2. The highest BCUT2D eigenvalue weighted by Crippen LogP contribution is 2.46.